The molecule has 8 heteroatoms. The lowest BCUT2D eigenvalue weighted by Crippen LogP contribution is -2.51. The normalized spacial score (nSPS) is 11.7. The van der Waals surface area contributed by atoms with E-state index in [1.807, 2.05) is 79.0 Å². The fraction of sp³-hybridized carbons (Fsp3) is 0.235. The van der Waals surface area contributed by atoms with Crippen molar-refractivity contribution in [1.29, 1.82) is 0 Å². The van der Waals surface area contributed by atoms with Crippen molar-refractivity contribution in [3.63, 3.8) is 0 Å². The van der Waals surface area contributed by atoms with Crippen LogP contribution in [-0.2, 0) is 27.3 Å². The molecule has 2 heterocycles. The zero-order valence-electron chi connectivity index (χ0n) is 24.2. The van der Waals surface area contributed by atoms with Crippen molar-refractivity contribution in [1.82, 2.24) is 19.8 Å². The number of hydrogen-bond acceptors (Lipinski definition) is 6. The molecule has 2 amide bonds. The molecule has 0 aliphatic rings. The van der Waals surface area contributed by atoms with Gasteiger partial charge in [-0.05, 0) is 46.0 Å². The molecule has 0 aliphatic carbocycles. The van der Waals surface area contributed by atoms with E-state index in [1.165, 1.54) is 6.08 Å². The van der Waals surface area contributed by atoms with Crippen molar-refractivity contribution in [2.75, 3.05) is 34.4 Å². The van der Waals surface area contributed by atoms with Crippen LogP contribution in [0.5, 0.6) is 5.88 Å². The molecule has 1 atom stereocenters. The highest BCUT2D eigenvalue weighted by atomic mass is 16.5. The van der Waals surface area contributed by atoms with E-state index in [0.29, 0.717) is 25.5 Å². The molecule has 0 aliphatic heterocycles. The van der Waals surface area contributed by atoms with E-state index in [4.69, 9.17) is 9.47 Å². The number of carbonyl (C=O) groups is 2. The lowest BCUT2D eigenvalue weighted by molar-refractivity contribution is -0.143. The van der Waals surface area contributed by atoms with Gasteiger partial charge in [0.15, 0.2) is 0 Å². The summed E-state index contributed by atoms with van der Waals surface area (Å²) in [6.07, 6.45) is 8.75. The minimum atomic E-state index is -0.738. The van der Waals surface area contributed by atoms with Gasteiger partial charge in [0.05, 0.1) is 13.7 Å². The van der Waals surface area contributed by atoms with Crippen molar-refractivity contribution in [2.24, 2.45) is 0 Å². The molecule has 8 nitrogen and oxygen atoms in total. The lowest BCUT2D eigenvalue weighted by atomic mass is 10.0. The van der Waals surface area contributed by atoms with Crippen LogP contribution in [0, 0.1) is 0 Å². The number of carbonyl (C=O) groups excluding carboxylic acids is 2. The highest BCUT2D eigenvalue weighted by Gasteiger charge is 2.31. The Bertz CT molecular complexity index is 1440. The maximum absolute atomic E-state index is 13.9. The topological polar surface area (TPSA) is 84.9 Å². The minimum absolute atomic E-state index is 0.157. The SMILES string of the molecule is COCCN(C)C(=O)[C@H](Cc1ccccc1)N(Cc1ccc(-c2cccnc2)cc1)C(=O)C=Cc1ccc(OC)nc1. The van der Waals surface area contributed by atoms with Crippen LogP contribution in [0.15, 0.2) is 104 Å². The van der Waals surface area contributed by atoms with E-state index in [0.717, 1.165) is 27.8 Å². The summed E-state index contributed by atoms with van der Waals surface area (Å²) in [5.41, 5.74) is 4.63. The molecule has 0 saturated carbocycles. The fourth-order valence-electron chi connectivity index (χ4n) is 4.51. The van der Waals surface area contributed by atoms with Crippen molar-refractivity contribution < 1.29 is 19.1 Å². The number of ether oxygens (including phenoxy) is 2. The Morgan fingerprint density at radius 1 is 0.881 bits per heavy atom. The van der Waals surface area contributed by atoms with E-state index in [2.05, 4.69) is 9.97 Å². The lowest BCUT2D eigenvalue weighted by Gasteiger charge is -2.33. The molecule has 0 fully saturated rings. The molecular formula is C34H36N4O4. The highest BCUT2D eigenvalue weighted by Crippen LogP contribution is 2.21. The monoisotopic (exact) mass is 564 g/mol. The number of amides is 2. The number of hydrogen-bond donors (Lipinski definition) is 0. The van der Waals surface area contributed by atoms with Crippen LogP contribution in [0.3, 0.4) is 0 Å². The van der Waals surface area contributed by atoms with Gasteiger partial charge in [-0.3, -0.25) is 14.6 Å². The quantitative estimate of drug-likeness (QED) is 0.215. The zero-order chi connectivity index (χ0) is 29.7. The van der Waals surface area contributed by atoms with Crippen molar-refractivity contribution in [3.8, 4) is 17.0 Å². The Hall–Kier alpha value is -4.82. The van der Waals surface area contributed by atoms with Crippen molar-refractivity contribution in [3.05, 3.63) is 120 Å². The van der Waals surface area contributed by atoms with Gasteiger partial charge >= 0.3 is 0 Å². The van der Waals surface area contributed by atoms with Crippen LogP contribution in [-0.4, -0.2) is 72.0 Å². The molecule has 2 aromatic carbocycles. The number of benzene rings is 2. The molecule has 4 rings (SSSR count). The van der Waals surface area contributed by atoms with Gasteiger partial charge in [0.2, 0.25) is 17.7 Å². The van der Waals surface area contributed by atoms with Crippen LogP contribution in [0.25, 0.3) is 17.2 Å². The molecule has 42 heavy (non-hydrogen) atoms. The Morgan fingerprint density at radius 3 is 2.31 bits per heavy atom. The number of nitrogens with zero attached hydrogens (tertiary/aromatic N) is 4. The van der Waals surface area contributed by atoms with Gasteiger partial charge in [-0.25, -0.2) is 4.98 Å². The molecule has 0 radical (unpaired) electrons. The van der Waals surface area contributed by atoms with E-state index < -0.39 is 6.04 Å². The summed E-state index contributed by atoms with van der Waals surface area (Å²) in [5.74, 6) is 0.0507. The second-order valence-electron chi connectivity index (χ2n) is 9.83. The second-order valence-corrected chi connectivity index (χ2v) is 9.83. The van der Waals surface area contributed by atoms with Gasteiger partial charge in [0.25, 0.3) is 0 Å². The first-order chi connectivity index (χ1) is 20.5. The van der Waals surface area contributed by atoms with Crippen LogP contribution in [0.4, 0.5) is 0 Å². The van der Waals surface area contributed by atoms with Gasteiger partial charge in [-0.1, -0.05) is 60.7 Å². The summed E-state index contributed by atoms with van der Waals surface area (Å²) in [6, 6.07) is 24.4. The van der Waals surface area contributed by atoms with Gasteiger partial charge in [0.1, 0.15) is 6.04 Å². The number of likely N-dealkylation sites (N-methyl/N-ethyl adjacent to an activating group) is 1. The van der Waals surface area contributed by atoms with E-state index in [-0.39, 0.29) is 18.4 Å². The maximum Gasteiger partial charge on any atom is 0.247 e. The molecule has 0 bridgehead atoms. The first kappa shape index (κ1) is 30.1. The van der Waals surface area contributed by atoms with Crippen LogP contribution >= 0.6 is 0 Å². The summed E-state index contributed by atoms with van der Waals surface area (Å²) in [7, 11) is 4.89. The Morgan fingerprint density at radius 2 is 1.67 bits per heavy atom. The predicted octanol–water partition coefficient (Wildman–Crippen LogP) is 4.91. The van der Waals surface area contributed by atoms with Crippen molar-refractivity contribution in [2.45, 2.75) is 19.0 Å². The van der Waals surface area contributed by atoms with Gasteiger partial charge in [-0.15, -0.1) is 0 Å². The Kier molecular flexibility index (Phi) is 10.9. The molecule has 216 valence electrons. The van der Waals surface area contributed by atoms with Crippen LogP contribution in [0.1, 0.15) is 16.7 Å². The summed E-state index contributed by atoms with van der Waals surface area (Å²) in [6.45, 7) is 1.06. The molecule has 0 N–H and O–H groups in total. The third-order valence-corrected chi connectivity index (χ3v) is 6.91. The summed E-state index contributed by atoms with van der Waals surface area (Å²) >= 11 is 0. The molecule has 0 spiro atoms. The third kappa shape index (κ3) is 8.34. The molecule has 2 aromatic heterocycles. The van der Waals surface area contributed by atoms with E-state index in [1.54, 1.807) is 55.6 Å². The van der Waals surface area contributed by atoms with Gasteiger partial charge in [0, 0.05) is 64.4 Å². The molecule has 0 saturated heterocycles. The molecule has 4 aromatic rings. The largest absolute Gasteiger partial charge is 0.481 e. The average Bonchev–Trinajstić information content (AvgIpc) is 3.05. The summed E-state index contributed by atoms with van der Waals surface area (Å²) in [5, 5.41) is 0. The van der Waals surface area contributed by atoms with E-state index in [9.17, 15) is 9.59 Å². The Labute approximate surface area is 247 Å². The average molecular weight is 565 g/mol. The fourth-order valence-corrected chi connectivity index (χ4v) is 4.51. The Balaban J connectivity index is 1.67. The van der Waals surface area contributed by atoms with Crippen molar-refractivity contribution >= 4 is 17.9 Å². The summed E-state index contributed by atoms with van der Waals surface area (Å²) in [4.78, 5) is 39.5. The number of rotatable bonds is 13. The van der Waals surface area contributed by atoms with Gasteiger partial charge < -0.3 is 19.3 Å². The number of methoxy groups -OCH3 is 2. The van der Waals surface area contributed by atoms with Crippen LogP contribution < -0.4 is 4.74 Å². The van der Waals surface area contributed by atoms with E-state index >= 15 is 0 Å². The smallest absolute Gasteiger partial charge is 0.247 e. The maximum atomic E-state index is 13.9. The standard InChI is InChI=1S/C34H36N4O4/c1-37(20-21-41-2)34(40)31(22-26-8-5-4-6-9-26)38(33(39)18-14-27-13-17-32(42-3)36-23-27)25-28-11-15-29(16-12-28)30-10-7-19-35-24-30/h4-19,23-24,31H,20-22,25H2,1-3H3/t31-/m0/s1. The second kappa shape index (κ2) is 15.3. The van der Waals surface area contributed by atoms with Crippen LogP contribution in [0.2, 0.25) is 0 Å². The molecule has 0 unspecified atom stereocenters. The molecular weight excluding hydrogens is 528 g/mol. The number of pyridine rings is 2. The predicted molar refractivity (Wildman–Crippen MR) is 163 cm³/mol. The zero-order valence-corrected chi connectivity index (χ0v) is 24.2. The minimum Gasteiger partial charge on any atom is -0.481 e. The number of aromatic nitrogens is 2. The highest BCUT2D eigenvalue weighted by molar-refractivity contribution is 5.95. The first-order valence-electron chi connectivity index (χ1n) is 13.7. The summed E-state index contributed by atoms with van der Waals surface area (Å²) < 4.78 is 10.3. The third-order valence-electron chi connectivity index (χ3n) is 6.91. The van der Waals surface area contributed by atoms with Gasteiger partial charge in [-0.2, -0.15) is 0 Å². The first-order valence-corrected chi connectivity index (χ1v) is 13.7.